The van der Waals surface area contributed by atoms with E-state index in [9.17, 15) is 10.1 Å². The van der Waals surface area contributed by atoms with Crippen LogP contribution in [0.25, 0.3) is 0 Å². The van der Waals surface area contributed by atoms with Gasteiger partial charge in [0.25, 0.3) is 5.69 Å². The summed E-state index contributed by atoms with van der Waals surface area (Å²) >= 11 is 0. The van der Waals surface area contributed by atoms with E-state index in [1.807, 2.05) is 0 Å². The predicted octanol–water partition coefficient (Wildman–Crippen LogP) is 5.10. The number of nitrogens with zero attached hydrogens (tertiary/aromatic N) is 1. The van der Waals surface area contributed by atoms with E-state index in [1.54, 1.807) is 6.07 Å². The van der Waals surface area contributed by atoms with Crippen LogP contribution in [0.4, 0.5) is 5.69 Å². The molecule has 0 N–H and O–H groups in total. The highest BCUT2D eigenvalue weighted by Gasteiger charge is 2.17. The number of methoxy groups -OCH3 is 1. The van der Waals surface area contributed by atoms with Gasteiger partial charge in [0.05, 0.1) is 18.1 Å². The normalized spacial score (nSPS) is 11.3. The van der Waals surface area contributed by atoms with E-state index in [0.717, 1.165) is 16.7 Å². The summed E-state index contributed by atoms with van der Waals surface area (Å²) in [6, 6.07) is 8.70. The van der Waals surface area contributed by atoms with Gasteiger partial charge < -0.3 is 9.47 Å². The summed E-state index contributed by atoms with van der Waals surface area (Å²) in [5.74, 6) is 0.850. The zero-order valence-corrected chi connectivity index (χ0v) is 15.7. The van der Waals surface area contributed by atoms with Gasteiger partial charge in [-0.15, -0.1) is 0 Å². The lowest BCUT2D eigenvalue weighted by Gasteiger charge is -2.22. The fourth-order valence-corrected chi connectivity index (χ4v) is 2.70. The molecule has 0 unspecified atom stereocenters. The Morgan fingerprint density at radius 2 is 1.64 bits per heavy atom. The Morgan fingerprint density at radius 1 is 1.04 bits per heavy atom. The highest BCUT2D eigenvalue weighted by Crippen LogP contribution is 2.33. The second-order valence-corrected chi connectivity index (χ2v) is 7.22. The maximum atomic E-state index is 11.0. The zero-order valence-electron chi connectivity index (χ0n) is 15.7. The van der Waals surface area contributed by atoms with E-state index in [4.69, 9.17) is 9.47 Å². The molecule has 5 heteroatoms. The number of aryl methyl sites for hydroxylation is 2. The lowest BCUT2D eigenvalue weighted by Crippen LogP contribution is -2.13. The van der Waals surface area contributed by atoms with Crippen LogP contribution >= 0.6 is 0 Å². The number of non-ortho nitro benzene ring substituents is 1. The smallest absolute Gasteiger partial charge is 0.273 e. The van der Waals surface area contributed by atoms with E-state index in [2.05, 4.69) is 46.8 Å². The summed E-state index contributed by atoms with van der Waals surface area (Å²) in [5, 5.41) is 11.0. The molecule has 0 aliphatic rings. The average Bonchev–Trinajstić information content (AvgIpc) is 2.52. The molecule has 0 aromatic heterocycles. The molecule has 0 saturated carbocycles. The summed E-state index contributed by atoms with van der Waals surface area (Å²) < 4.78 is 11.1. The molecule has 2 aromatic carbocycles. The SMILES string of the molecule is COc1ccc([N+](=O)[O-])cc1OCc1c(C)cc(C(C)(C)C)cc1C. The van der Waals surface area contributed by atoms with Crippen LogP contribution in [0.15, 0.2) is 30.3 Å². The molecular formula is C20H25NO4. The van der Waals surface area contributed by atoms with Crippen LogP contribution in [-0.2, 0) is 12.0 Å². The van der Waals surface area contributed by atoms with Gasteiger partial charge >= 0.3 is 0 Å². The third-order valence-corrected chi connectivity index (χ3v) is 4.29. The molecule has 2 rings (SSSR count). The van der Waals surface area contributed by atoms with Gasteiger partial charge in [0.1, 0.15) is 6.61 Å². The first-order valence-corrected chi connectivity index (χ1v) is 8.19. The maximum absolute atomic E-state index is 11.0. The van der Waals surface area contributed by atoms with Crippen molar-refractivity contribution in [3.05, 3.63) is 62.7 Å². The van der Waals surface area contributed by atoms with Gasteiger partial charge in [0.2, 0.25) is 0 Å². The first-order valence-electron chi connectivity index (χ1n) is 8.19. The van der Waals surface area contributed by atoms with Crippen LogP contribution in [0.2, 0.25) is 0 Å². The lowest BCUT2D eigenvalue weighted by atomic mass is 9.84. The van der Waals surface area contributed by atoms with Crippen LogP contribution in [0, 0.1) is 24.0 Å². The van der Waals surface area contributed by atoms with Crippen LogP contribution < -0.4 is 9.47 Å². The minimum atomic E-state index is -0.444. The number of ether oxygens (including phenoxy) is 2. The number of rotatable bonds is 5. The van der Waals surface area contributed by atoms with Crippen LogP contribution in [0.1, 0.15) is 43.0 Å². The highest BCUT2D eigenvalue weighted by molar-refractivity contribution is 5.49. The standard InChI is InChI=1S/C20H25NO4/c1-13-9-15(20(3,4)5)10-14(2)17(13)12-25-19-11-16(21(22)23)7-8-18(19)24-6/h7-11H,12H2,1-6H3. The molecule has 0 aliphatic heterocycles. The van der Waals surface area contributed by atoms with Gasteiger partial charge in [-0.2, -0.15) is 0 Å². The van der Waals surface area contributed by atoms with Gasteiger partial charge in [-0.1, -0.05) is 32.9 Å². The number of benzene rings is 2. The Balaban J connectivity index is 2.30. The topological polar surface area (TPSA) is 61.6 Å². The summed E-state index contributed by atoms with van der Waals surface area (Å²) in [7, 11) is 1.52. The van der Waals surface area contributed by atoms with Crippen molar-refractivity contribution in [2.45, 2.75) is 46.6 Å². The minimum Gasteiger partial charge on any atom is -0.493 e. The van der Waals surface area contributed by atoms with E-state index in [0.29, 0.717) is 18.1 Å². The molecule has 0 saturated heterocycles. The van der Waals surface area contributed by atoms with E-state index >= 15 is 0 Å². The van der Waals surface area contributed by atoms with Crippen molar-refractivity contribution in [1.82, 2.24) is 0 Å². The van der Waals surface area contributed by atoms with Crippen molar-refractivity contribution >= 4 is 5.69 Å². The van der Waals surface area contributed by atoms with Crippen LogP contribution in [-0.4, -0.2) is 12.0 Å². The largest absolute Gasteiger partial charge is 0.493 e. The summed E-state index contributed by atoms with van der Waals surface area (Å²) in [6.07, 6.45) is 0. The molecule has 0 atom stereocenters. The quantitative estimate of drug-likeness (QED) is 0.560. The molecule has 134 valence electrons. The van der Waals surface area contributed by atoms with Crippen molar-refractivity contribution in [3.8, 4) is 11.5 Å². The number of hydrogen-bond acceptors (Lipinski definition) is 4. The highest BCUT2D eigenvalue weighted by atomic mass is 16.6. The monoisotopic (exact) mass is 343 g/mol. The number of nitro groups is 1. The zero-order chi connectivity index (χ0) is 18.8. The molecule has 0 aliphatic carbocycles. The molecule has 0 radical (unpaired) electrons. The Bertz CT molecular complexity index is 768. The second kappa shape index (κ2) is 7.13. The molecule has 0 spiro atoms. The predicted molar refractivity (Wildman–Crippen MR) is 98.6 cm³/mol. The average molecular weight is 343 g/mol. The van der Waals surface area contributed by atoms with Gasteiger partial charge in [0.15, 0.2) is 11.5 Å². The lowest BCUT2D eigenvalue weighted by molar-refractivity contribution is -0.385. The number of hydrogen-bond donors (Lipinski definition) is 0. The third kappa shape index (κ3) is 4.29. The van der Waals surface area contributed by atoms with Crippen LogP contribution in [0.3, 0.4) is 0 Å². The van der Waals surface area contributed by atoms with Gasteiger partial charge in [-0.05, 0) is 47.6 Å². The van der Waals surface area contributed by atoms with Crippen molar-refractivity contribution in [3.63, 3.8) is 0 Å². The molecule has 2 aromatic rings. The second-order valence-electron chi connectivity index (χ2n) is 7.22. The Kier molecular flexibility index (Phi) is 5.36. The minimum absolute atomic E-state index is 0.0210. The molecule has 5 nitrogen and oxygen atoms in total. The first kappa shape index (κ1) is 18.8. The third-order valence-electron chi connectivity index (χ3n) is 4.29. The molecule has 0 heterocycles. The van der Waals surface area contributed by atoms with Crippen molar-refractivity contribution in [1.29, 1.82) is 0 Å². The van der Waals surface area contributed by atoms with Crippen molar-refractivity contribution in [2.75, 3.05) is 7.11 Å². The molecule has 0 amide bonds. The molecule has 0 fully saturated rings. The molecular weight excluding hydrogens is 318 g/mol. The van der Waals surface area contributed by atoms with Crippen LogP contribution in [0.5, 0.6) is 11.5 Å². The first-order chi connectivity index (χ1) is 11.6. The van der Waals surface area contributed by atoms with E-state index in [-0.39, 0.29) is 11.1 Å². The van der Waals surface area contributed by atoms with E-state index < -0.39 is 4.92 Å². The summed E-state index contributed by atoms with van der Waals surface area (Å²) in [5.41, 5.74) is 4.72. The summed E-state index contributed by atoms with van der Waals surface area (Å²) in [4.78, 5) is 10.5. The molecule has 0 bridgehead atoms. The summed E-state index contributed by atoms with van der Waals surface area (Å²) in [6.45, 7) is 11.0. The molecule has 25 heavy (non-hydrogen) atoms. The van der Waals surface area contributed by atoms with Crippen molar-refractivity contribution in [2.24, 2.45) is 0 Å². The van der Waals surface area contributed by atoms with Crippen molar-refractivity contribution < 1.29 is 14.4 Å². The Hall–Kier alpha value is -2.56. The van der Waals surface area contributed by atoms with Gasteiger partial charge in [-0.25, -0.2) is 0 Å². The Labute approximate surface area is 148 Å². The van der Waals surface area contributed by atoms with Gasteiger partial charge in [-0.3, -0.25) is 10.1 Å². The fraction of sp³-hybridized carbons (Fsp3) is 0.400. The Morgan fingerprint density at radius 3 is 2.12 bits per heavy atom. The van der Waals surface area contributed by atoms with Gasteiger partial charge in [0, 0.05) is 6.07 Å². The van der Waals surface area contributed by atoms with E-state index in [1.165, 1.54) is 24.8 Å². The number of nitro benzene ring substituents is 1. The maximum Gasteiger partial charge on any atom is 0.273 e. The fourth-order valence-electron chi connectivity index (χ4n) is 2.70.